The second kappa shape index (κ2) is 5.92. The van der Waals surface area contributed by atoms with Gasteiger partial charge in [0.25, 0.3) is 0 Å². The summed E-state index contributed by atoms with van der Waals surface area (Å²) in [6.07, 6.45) is 1.62. The van der Waals surface area contributed by atoms with Gasteiger partial charge in [0.05, 0.1) is 43.0 Å². The number of Topliss-reactive ketones (excluding diaryl/α,β-unsaturated/α-hetero) is 1. The molecule has 1 aliphatic rings. The van der Waals surface area contributed by atoms with E-state index in [9.17, 15) is 4.79 Å². The Balaban J connectivity index is 2.20. The SMILES string of the molecule is COCCn1ncc(Br)c1C(=O)C1COCC1N. The Bertz CT molecular complexity index is 435. The van der Waals surface area contributed by atoms with Gasteiger partial charge in [-0.1, -0.05) is 0 Å². The third-order valence-corrected chi connectivity index (χ3v) is 3.58. The van der Waals surface area contributed by atoms with Crippen LogP contribution >= 0.6 is 15.9 Å². The van der Waals surface area contributed by atoms with Crippen LogP contribution in [0.15, 0.2) is 10.7 Å². The summed E-state index contributed by atoms with van der Waals surface area (Å²) in [5, 5.41) is 4.16. The first-order chi connectivity index (χ1) is 8.65. The molecule has 2 N–H and O–H groups in total. The summed E-state index contributed by atoms with van der Waals surface area (Å²) in [6.45, 7) is 1.84. The first-order valence-electron chi connectivity index (χ1n) is 5.73. The lowest BCUT2D eigenvalue weighted by Crippen LogP contribution is -2.35. The second-order valence-corrected chi connectivity index (χ2v) is 5.08. The lowest BCUT2D eigenvalue weighted by molar-refractivity contribution is 0.0880. The predicted octanol–water partition coefficient (Wildman–Crippen LogP) is 0.448. The molecule has 0 amide bonds. The van der Waals surface area contributed by atoms with Gasteiger partial charge in [0, 0.05) is 13.2 Å². The van der Waals surface area contributed by atoms with E-state index in [1.807, 2.05) is 0 Å². The second-order valence-electron chi connectivity index (χ2n) is 4.23. The van der Waals surface area contributed by atoms with E-state index in [1.54, 1.807) is 18.0 Å². The summed E-state index contributed by atoms with van der Waals surface area (Å²) in [6, 6.07) is -0.241. The minimum Gasteiger partial charge on any atom is -0.383 e. The fourth-order valence-electron chi connectivity index (χ4n) is 1.97. The number of methoxy groups -OCH3 is 1. The van der Waals surface area contributed by atoms with Crippen LogP contribution in [-0.2, 0) is 16.0 Å². The lowest BCUT2D eigenvalue weighted by Gasteiger charge is -2.13. The zero-order chi connectivity index (χ0) is 13.1. The number of carbonyl (C=O) groups excluding carboxylic acids is 1. The summed E-state index contributed by atoms with van der Waals surface area (Å²) in [5.41, 5.74) is 6.41. The highest BCUT2D eigenvalue weighted by molar-refractivity contribution is 9.10. The first-order valence-corrected chi connectivity index (χ1v) is 6.52. The number of ketones is 1. The molecule has 2 atom stereocenters. The molecule has 0 aromatic carbocycles. The number of nitrogens with two attached hydrogens (primary N) is 1. The van der Waals surface area contributed by atoms with Gasteiger partial charge in [-0.15, -0.1) is 0 Å². The topological polar surface area (TPSA) is 79.4 Å². The maximum absolute atomic E-state index is 12.4. The largest absolute Gasteiger partial charge is 0.383 e. The Labute approximate surface area is 114 Å². The number of nitrogens with zero attached hydrogens (tertiary/aromatic N) is 2. The van der Waals surface area contributed by atoms with E-state index in [-0.39, 0.29) is 17.7 Å². The van der Waals surface area contributed by atoms with Gasteiger partial charge in [0.15, 0.2) is 5.78 Å². The van der Waals surface area contributed by atoms with Crippen LogP contribution in [0.1, 0.15) is 10.5 Å². The Kier molecular flexibility index (Phi) is 4.50. The van der Waals surface area contributed by atoms with E-state index in [1.165, 1.54) is 0 Å². The van der Waals surface area contributed by atoms with Crippen LogP contribution < -0.4 is 5.73 Å². The fraction of sp³-hybridized carbons (Fsp3) is 0.636. The van der Waals surface area contributed by atoms with Crippen LogP contribution in [0.2, 0.25) is 0 Å². The maximum Gasteiger partial charge on any atom is 0.189 e. The molecule has 1 fully saturated rings. The van der Waals surface area contributed by atoms with Crippen molar-refractivity contribution in [3.63, 3.8) is 0 Å². The highest BCUT2D eigenvalue weighted by Crippen LogP contribution is 2.23. The van der Waals surface area contributed by atoms with E-state index in [2.05, 4.69) is 21.0 Å². The van der Waals surface area contributed by atoms with Gasteiger partial charge in [0.2, 0.25) is 0 Å². The average molecular weight is 318 g/mol. The highest BCUT2D eigenvalue weighted by Gasteiger charge is 2.34. The van der Waals surface area contributed by atoms with Crippen molar-refractivity contribution in [1.29, 1.82) is 0 Å². The Morgan fingerprint density at radius 3 is 3.11 bits per heavy atom. The highest BCUT2D eigenvalue weighted by atomic mass is 79.9. The Morgan fingerprint density at radius 1 is 1.72 bits per heavy atom. The normalized spacial score (nSPS) is 23.5. The molecule has 0 radical (unpaired) electrons. The third kappa shape index (κ3) is 2.64. The molecule has 1 aromatic heterocycles. The van der Waals surface area contributed by atoms with E-state index < -0.39 is 0 Å². The van der Waals surface area contributed by atoms with Crippen molar-refractivity contribution in [2.24, 2.45) is 11.7 Å². The first kappa shape index (κ1) is 13.7. The van der Waals surface area contributed by atoms with Crippen molar-refractivity contribution in [3.05, 3.63) is 16.4 Å². The van der Waals surface area contributed by atoms with Crippen molar-refractivity contribution in [1.82, 2.24) is 9.78 Å². The van der Waals surface area contributed by atoms with Gasteiger partial charge in [-0.05, 0) is 15.9 Å². The summed E-state index contributed by atoms with van der Waals surface area (Å²) < 4.78 is 12.6. The number of rotatable bonds is 5. The summed E-state index contributed by atoms with van der Waals surface area (Å²) >= 11 is 3.35. The van der Waals surface area contributed by atoms with Gasteiger partial charge in [-0.25, -0.2) is 0 Å². The number of carbonyl (C=O) groups is 1. The number of aromatic nitrogens is 2. The van der Waals surface area contributed by atoms with Crippen LogP contribution in [0.5, 0.6) is 0 Å². The van der Waals surface area contributed by atoms with Crippen molar-refractivity contribution in [3.8, 4) is 0 Å². The fourth-order valence-corrected chi connectivity index (χ4v) is 2.46. The predicted molar refractivity (Wildman–Crippen MR) is 68.4 cm³/mol. The molecule has 2 rings (SSSR count). The third-order valence-electron chi connectivity index (χ3n) is 3.00. The minimum absolute atomic E-state index is 0.0273. The van der Waals surface area contributed by atoms with Gasteiger partial charge in [-0.3, -0.25) is 9.48 Å². The molecule has 0 saturated carbocycles. The summed E-state index contributed by atoms with van der Waals surface area (Å²) in [7, 11) is 1.61. The molecule has 1 aromatic rings. The van der Waals surface area contributed by atoms with E-state index in [0.29, 0.717) is 36.5 Å². The standard InChI is InChI=1S/C11H16BrN3O3/c1-17-3-2-15-10(8(12)4-14-15)11(16)7-5-18-6-9(7)13/h4,7,9H,2-3,5-6,13H2,1H3. The molecule has 2 unspecified atom stereocenters. The summed E-state index contributed by atoms with van der Waals surface area (Å²) in [5.74, 6) is -0.320. The molecular weight excluding hydrogens is 302 g/mol. The van der Waals surface area contributed by atoms with Gasteiger partial charge >= 0.3 is 0 Å². The average Bonchev–Trinajstić information content (AvgIpc) is 2.92. The van der Waals surface area contributed by atoms with Crippen molar-refractivity contribution in [2.75, 3.05) is 26.9 Å². The zero-order valence-corrected chi connectivity index (χ0v) is 11.7. The van der Waals surface area contributed by atoms with Gasteiger partial charge in [0.1, 0.15) is 5.69 Å². The minimum atomic E-state index is -0.292. The zero-order valence-electron chi connectivity index (χ0n) is 10.1. The molecule has 18 heavy (non-hydrogen) atoms. The number of hydrogen-bond acceptors (Lipinski definition) is 5. The van der Waals surface area contributed by atoms with Crippen LogP contribution in [0.4, 0.5) is 0 Å². The maximum atomic E-state index is 12.4. The Morgan fingerprint density at radius 2 is 2.50 bits per heavy atom. The van der Waals surface area contributed by atoms with Gasteiger partial charge < -0.3 is 15.2 Å². The Hall–Kier alpha value is -0.760. The van der Waals surface area contributed by atoms with E-state index in [4.69, 9.17) is 15.2 Å². The van der Waals surface area contributed by atoms with Crippen LogP contribution in [0, 0.1) is 5.92 Å². The molecule has 0 aliphatic carbocycles. The van der Waals surface area contributed by atoms with Crippen molar-refractivity contribution in [2.45, 2.75) is 12.6 Å². The molecule has 2 heterocycles. The molecular formula is C11H16BrN3O3. The molecule has 0 spiro atoms. The molecule has 7 heteroatoms. The van der Waals surface area contributed by atoms with Crippen molar-refractivity contribution < 1.29 is 14.3 Å². The van der Waals surface area contributed by atoms with Gasteiger partial charge in [-0.2, -0.15) is 5.10 Å². The number of ether oxygens (including phenoxy) is 2. The lowest BCUT2D eigenvalue weighted by atomic mass is 9.97. The van der Waals surface area contributed by atoms with E-state index >= 15 is 0 Å². The molecule has 100 valence electrons. The van der Waals surface area contributed by atoms with Crippen LogP contribution in [0.25, 0.3) is 0 Å². The number of hydrogen-bond donors (Lipinski definition) is 1. The molecule has 6 nitrogen and oxygen atoms in total. The number of halogens is 1. The molecule has 0 bridgehead atoms. The quantitative estimate of drug-likeness (QED) is 0.798. The van der Waals surface area contributed by atoms with Crippen LogP contribution in [0.3, 0.4) is 0 Å². The van der Waals surface area contributed by atoms with E-state index in [0.717, 1.165) is 0 Å². The molecule has 1 saturated heterocycles. The smallest absolute Gasteiger partial charge is 0.189 e. The monoisotopic (exact) mass is 317 g/mol. The molecule has 1 aliphatic heterocycles. The summed E-state index contributed by atoms with van der Waals surface area (Å²) in [4.78, 5) is 12.4. The van der Waals surface area contributed by atoms with Crippen LogP contribution in [-0.4, -0.2) is 48.5 Å². The van der Waals surface area contributed by atoms with Crippen molar-refractivity contribution >= 4 is 21.7 Å².